The summed E-state index contributed by atoms with van der Waals surface area (Å²) in [4.78, 5) is 8.15. The minimum absolute atomic E-state index is 0.238. The molecule has 0 atom stereocenters. The van der Waals surface area contributed by atoms with Crippen LogP contribution in [0.1, 0.15) is 17.0 Å². The average molecular weight is 379 g/mol. The Morgan fingerprint density at radius 1 is 1.07 bits per heavy atom. The van der Waals surface area contributed by atoms with Gasteiger partial charge >= 0.3 is 0 Å². The molecule has 140 valence electrons. The van der Waals surface area contributed by atoms with E-state index >= 15 is 0 Å². The number of fused-ring (bicyclic) bond motifs is 2. The Morgan fingerprint density at radius 2 is 2.00 bits per heavy atom. The SMILES string of the molecule is Fc1ccc2c(c1CCc1ncc(-c3cccnc3F)c3nncn13)CCO2. The van der Waals surface area contributed by atoms with Crippen LogP contribution in [0.15, 0.2) is 43.0 Å². The van der Waals surface area contributed by atoms with Gasteiger partial charge < -0.3 is 4.74 Å². The molecule has 1 aliphatic heterocycles. The topological polar surface area (TPSA) is 65.2 Å². The third kappa shape index (κ3) is 2.69. The maximum atomic E-state index is 14.4. The lowest BCUT2D eigenvalue weighted by molar-refractivity contribution is 0.356. The van der Waals surface area contributed by atoms with Crippen LogP contribution >= 0.6 is 0 Å². The summed E-state index contributed by atoms with van der Waals surface area (Å²) in [6, 6.07) is 6.39. The molecule has 0 saturated carbocycles. The van der Waals surface area contributed by atoms with Crippen LogP contribution in [0.2, 0.25) is 0 Å². The van der Waals surface area contributed by atoms with E-state index in [1.54, 1.807) is 28.8 Å². The highest BCUT2D eigenvalue weighted by atomic mass is 19.1. The minimum Gasteiger partial charge on any atom is -0.493 e. The van der Waals surface area contributed by atoms with Gasteiger partial charge in [0.05, 0.1) is 6.61 Å². The van der Waals surface area contributed by atoms with Crippen LogP contribution in [0.5, 0.6) is 5.75 Å². The molecule has 0 spiro atoms. The van der Waals surface area contributed by atoms with Crippen LogP contribution in [0, 0.1) is 11.8 Å². The lowest BCUT2D eigenvalue weighted by atomic mass is 10.00. The van der Waals surface area contributed by atoms with Crippen molar-refractivity contribution in [2.45, 2.75) is 19.3 Å². The number of benzene rings is 1. The van der Waals surface area contributed by atoms with Gasteiger partial charge in [-0.05, 0) is 36.2 Å². The van der Waals surface area contributed by atoms with Crippen molar-refractivity contribution in [2.75, 3.05) is 6.61 Å². The van der Waals surface area contributed by atoms with Gasteiger partial charge in [0.15, 0.2) is 5.65 Å². The Labute approximate surface area is 158 Å². The van der Waals surface area contributed by atoms with E-state index in [0.717, 1.165) is 11.3 Å². The summed E-state index contributed by atoms with van der Waals surface area (Å²) in [6.45, 7) is 0.574. The van der Waals surface area contributed by atoms with Gasteiger partial charge in [-0.1, -0.05) is 0 Å². The lowest BCUT2D eigenvalue weighted by Crippen LogP contribution is -2.06. The van der Waals surface area contributed by atoms with Crippen LogP contribution in [-0.2, 0) is 19.3 Å². The van der Waals surface area contributed by atoms with Crippen molar-refractivity contribution in [1.29, 1.82) is 0 Å². The molecule has 3 aromatic heterocycles. The molecule has 28 heavy (non-hydrogen) atoms. The van der Waals surface area contributed by atoms with Gasteiger partial charge in [0.1, 0.15) is 23.7 Å². The summed E-state index contributed by atoms with van der Waals surface area (Å²) in [5, 5.41) is 8.06. The first-order valence-corrected chi connectivity index (χ1v) is 8.94. The van der Waals surface area contributed by atoms with E-state index in [0.29, 0.717) is 54.0 Å². The molecule has 0 unspecified atom stereocenters. The van der Waals surface area contributed by atoms with E-state index in [1.165, 1.54) is 18.6 Å². The van der Waals surface area contributed by atoms with Crippen molar-refractivity contribution in [3.8, 4) is 16.9 Å². The van der Waals surface area contributed by atoms with Gasteiger partial charge in [0, 0.05) is 41.9 Å². The van der Waals surface area contributed by atoms with Crippen molar-refractivity contribution in [1.82, 2.24) is 24.6 Å². The van der Waals surface area contributed by atoms with E-state index < -0.39 is 5.95 Å². The molecule has 0 amide bonds. The number of hydrogen-bond acceptors (Lipinski definition) is 5. The zero-order valence-electron chi connectivity index (χ0n) is 14.8. The molecule has 0 saturated heterocycles. The highest BCUT2D eigenvalue weighted by Gasteiger charge is 2.20. The molecule has 0 aliphatic carbocycles. The number of aryl methyl sites for hydroxylation is 1. The predicted molar refractivity (Wildman–Crippen MR) is 97.0 cm³/mol. The minimum atomic E-state index is -0.594. The third-order valence-corrected chi connectivity index (χ3v) is 5.00. The largest absolute Gasteiger partial charge is 0.493 e. The second-order valence-corrected chi connectivity index (χ2v) is 6.56. The molecular weight excluding hydrogens is 364 g/mol. The van der Waals surface area contributed by atoms with E-state index in [1.807, 2.05) is 0 Å². The average Bonchev–Trinajstić information content (AvgIpc) is 3.37. The Kier molecular flexibility index (Phi) is 3.96. The van der Waals surface area contributed by atoms with E-state index in [2.05, 4.69) is 20.2 Å². The quantitative estimate of drug-likeness (QED) is 0.510. The first-order valence-electron chi connectivity index (χ1n) is 8.94. The standard InChI is InChI=1S/C20H15F2N5O/c21-16-4-5-17-13(7-9-28-17)12(16)3-6-18-24-10-15(20-26-25-11-27(18)20)14-2-1-8-23-19(14)22/h1-2,4-5,8,10-11H,3,6-7,9H2. The Hall–Kier alpha value is -3.42. The van der Waals surface area contributed by atoms with Gasteiger partial charge in [0.2, 0.25) is 5.95 Å². The van der Waals surface area contributed by atoms with Crippen molar-refractivity contribution in [2.24, 2.45) is 0 Å². The Balaban J connectivity index is 1.51. The summed E-state index contributed by atoms with van der Waals surface area (Å²) >= 11 is 0. The number of aromatic nitrogens is 5. The number of rotatable bonds is 4. The first-order chi connectivity index (χ1) is 13.7. The summed E-state index contributed by atoms with van der Waals surface area (Å²) in [7, 11) is 0. The highest BCUT2D eigenvalue weighted by Crippen LogP contribution is 2.31. The molecule has 6 nitrogen and oxygen atoms in total. The molecule has 0 radical (unpaired) electrons. The number of ether oxygens (including phenoxy) is 1. The molecule has 0 N–H and O–H groups in total. The van der Waals surface area contributed by atoms with E-state index in [9.17, 15) is 8.78 Å². The Bertz CT molecular complexity index is 1190. The van der Waals surface area contributed by atoms with Gasteiger partial charge in [-0.15, -0.1) is 10.2 Å². The molecule has 0 bridgehead atoms. The predicted octanol–water partition coefficient (Wildman–Crippen LogP) is 3.18. The lowest BCUT2D eigenvalue weighted by Gasteiger charge is -2.11. The van der Waals surface area contributed by atoms with Crippen LogP contribution < -0.4 is 4.74 Å². The van der Waals surface area contributed by atoms with E-state index in [-0.39, 0.29) is 5.82 Å². The summed E-state index contributed by atoms with van der Waals surface area (Å²) in [5.41, 5.74) is 2.88. The maximum Gasteiger partial charge on any atom is 0.220 e. The molecule has 1 aromatic carbocycles. The maximum absolute atomic E-state index is 14.4. The van der Waals surface area contributed by atoms with Gasteiger partial charge in [0.25, 0.3) is 0 Å². The summed E-state index contributed by atoms with van der Waals surface area (Å²) in [6.07, 6.45) is 6.14. The van der Waals surface area contributed by atoms with Gasteiger partial charge in [-0.3, -0.25) is 4.40 Å². The van der Waals surface area contributed by atoms with Crippen LogP contribution in [0.25, 0.3) is 16.8 Å². The van der Waals surface area contributed by atoms with Crippen molar-refractivity contribution in [3.05, 3.63) is 71.7 Å². The normalized spacial score (nSPS) is 12.9. The summed E-state index contributed by atoms with van der Waals surface area (Å²) in [5.74, 6) is 0.590. The van der Waals surface area contributed by atoms with E-state index in [4.69, 9.17) is 4.74 Å². The van der Waals surface area contributed by atoms with Gasteiger partial charge in [-0.25, -0.2) is 14.4 Å². The number of halogens is 2. The number of hydrogen-bond donors (Lipinski definition) is 0. The smallest absolute Gasteiger partial charge is 0.220 e. The van der Waals surface area contributed by atoms with Crippen LogP contribution in [-0.4, -0.2) is 31.2 Å². The third-order valence-electron chi connectivity index (χ3n) is 5.00. The second-order valence-electron chi connectivity index (χ2n) is 6.56. The van der Waals surface area contributed by atoms with Crippen LogP contribution in [0.3, 0.4) is 0 Å². The zero-order chi connectivity index (χ0) is 19.1. The fraction of sp³-hybridized carbons (Fsp3) is 0.200. The molecule has 8 heteroatoms. The molecule has 5 rings (SSSR count). The molecular formula is C20H15F2N5O. The highest BCUT2D eigenvalue weighted by molar-refractivity contribution is 5.76. The van der Waals surface area contributed by atoms with Crippen molar-refractivity contribution in [3.63, 3.8) is 0 Å². The molecule has 4 aromatic rings. The number of nitrogens with zero attached hydrogens (tertiary/aromatic N) is 5. The first kappa shape index (κ1) is 16.7. The Morgan fingerprint density at radius 3 is 2.89 bits per heavy atom. The molecule has 4 heterocycles. The fourth-order valence-corrected chi connectivity index (χ4v) is 3.65. The van der Waals surface area contributed by atoms with Gasteiger partial charge in [-0.2, -0.15) is 4.39 Å². The van der Waals surface area contributed by atoms with Crippen LogP contribution in [0.4, 0.5) is 8.78 Å². The monoisotopic (exact) mass is 379 g/mol. The number of pyridine rings is 1. The second kappa shape index (κ2) is 6.63. The molecule has 1 aliphatic rings. The zero-order valence-corrected chi connectivity index (χ0v) is 14.8. The summed E-state index contributed by atoms with van der Waals surface area (Å²) < 4.78 is 35.7. The van der Waals surface area contributed by atoms with Crippen molar-refractivity contribution >= 4 is 5.65 Å². The molecule has 0 fully saturated rings. The van der Waals surface area contributed by atoms with Crippen molar-refractivity contribution < 1.29 is 13.5 Å². The fourth-order valence-electron chi connectivity index (χ4n) is 3.65.